The lowest BCUT2D eigenvalue weighted by atomic mass is 9.87. The lowest BCUT2D eigenvalue weighted by molar-refractivity contribution is -0.136. The number of fused-ring (bicyclic) bond motifs is 1. The first kappa shape index (κ1) is 25.3. The first-order valence-corrected chi connectivity index (χ1v) is 12.3. The number of hydrogen-bond donors (Lipinski definition) is 0. The van der Waals surface area contributed by atoms with Crippen molar-refractivity contribution in [2.24, 2.45) is 4.99 Å². The molecule has 1 atom stereocenters. The van der Waals surface area contributed by atoms with Gasteiger partial charge >= 0.3 is 11.9 Å². The van der Waals surface area contributed by atoms with Gasteiger partial charge in [0.2, 0.25) is 0 Å². The van der Waals surface area contributed by atoms with Crippen LogP contribution in [0.2, 0.25) is 0 Å². The van der Waals surface area contributed by atoms with Crippen LogP contribution in [0.5, 0.6) is 5.75 Å². The average molecular weight is 505 g/mol. The number of ether oxygens (including phenoxy) is 2. The number of hydrogen-bond acceptors (Lipinski definition) is 7. The van der Waals surface area contributed by atoms with Gasteiger partial charge in [-0.1, -0.05) is 68.5 Å². The maximum atomic E-state index is 13.6. The second kappa shape index (κ2) is 9.70. The minimum atomic E-state index is -0.731. The molecular weight excluding hydrogens is 476 g/mol. The summed E-state index contributed by atoms with van der Waals surface area (Å²) in [6.07, 6.45) is 1.84. The Morgan fingerprint density at radius 2 is 1.69 bits per heavy atom. The van der Waals surface area contributed by atoms with E-state index in [1.54, 1.807) is 31.2 Å². The fourth-order valence-electron chi connectivity index (χ4n) is 4.12. The van der Waals surface area contributed by atoms with Crippen LogP contribution in [-0.4, -0.2) is 23.6 Å². The summed E-state index contributed by atoms with van der Waals surface area (Å²) in [4.78, 5) is 42.8. The lowest BCUT2D eigenvalue weighted by Crippen LogP contribution is -2.39. The van der Waals surface area contributed by atoms with Crippen LogP contribution in [0.4, 0.5) is 0 Å². The van der Waals surface area contributed by atoms with Crippen molar-refractivity contribution in [3.05, 3.63) is 96.2 Å². The standard InChI is InChI=1S/C28H28N2O5S/c1-16-23(26(33)34-6)24(19-9-13-21(14-10-19)35-17(2)31)30-25(32)22(36-27(30)29-16)15-18-7-11-20(12-8-18)28(3,4)5/h7-15,24H,1-6H3/b22-15+/t24-/m0/s1. The highest BCUT2D eigenvalue weighted by Gasteiger charge is 2.33. The number of allylic oxidation sites excluding steroid dienone is 1. The Morgan fingerprint density at radius 3 is 2.25 bits per heavy atom. The zero-order valence-corrected chi connectivity index (χ0v) is 21.9. The SMILES string of the molecule is COC(=O)C1=C(C)N=c2s/c(=C/c3ccc(C(C)(C)C)cc3)c(=O)n2[C@H]1c1ccc(OC(C)=O)cc1. The summed E-state index contributed by atoms with van der Waals surface area (Å²) in [7, 11) is 1.30. The predicted molar refractivity (Wildman–Crippen MR) is 139 cm³/mol. The maximum Gasteiger partial charge on any atom is 0.338 e. The molecular formula is C28H28N2O5S. The van der Waals surface area contributed by atoms with Crippen LogP contribution in [0.1, 0.15) is 57.4 Å². The molecule has 0 saturated heterocycles. The highest BCUT2D eigenvalue weighted by molar-refractivity contribution is 7.07. The van der Waals surface area contributed by atoms with Gasteiger partial charge in [0.1, 0.15) is 5.75 Å². The van der Waals surface area contributed by atoms with E-state index in [1.165, 1.54) is 35.5 Å². The molecule has 2 aromatic carbocycles. The molecule has 0 radical (unpaired) electrons. The zero-order valence-electron chi connectivity index (χ0n) is 21.1. The molecule has 0 fully saturated rings. The predicted octanol–water partition coefficient (Wildman–Crippen LogP) is 3.63. The van der Waals surface area contributed by atoms with Gasteiger partial charge in [0.05, 0.1) is 29.0 Å². The summed E-state index contributed by atoms with van der Waals surface area (Å²) in [5.74, 6) is -0.618. The van der Waals surface area contributed by atoms with Crippen molar-refractivity contribution >= 4 is 29.4 Å². The summed E-state index contributed by atoms with van der Waals surface area (Å²) in [6, 6.07) is 14.1. The fourth-order valence-corrected chi connectivity index (χ4v) is 5.17. The number of rotatable bonds is 4. The molecule has 2 heterocycles. The minimum Gasteiger partial charge on any atom is -0.466 e. The van der Waals surface area contributed by atoms with Gasteiger partial charge in [0.15, 0.2) is 4.80 Å². The second-order valence-electron chi connectivity index (χ2n) is 9.61. The molecule has 1 aromatic heterocycles. The molecule has 0 N–H and O–H groups in total. The van der Waals surface area contributed by atoms with E-state index in [4.69, 9.17) is 9.47 Å². The Kier molecular flexibility index (Phi) is 6.82. The Balaban J connectivity index is 1.86. The first-order valence-electron chi connectivity index (χ1n) is 11.5. The molecule has 1 aliphatic heterocycles. The molecule has 0 amide bonds. The van der Waals surface area contributed by atoms with E-state index < -0.39 is 18.0 Å². The van der Waals surface area contributed by atoms with Crippen LogP contribution in [0.3, 0.4) is 0 Å². The van der Waals surface area contributed by atoms with Crippen LogP contribution in [0.25, 0.3) is 6.08 Å². The van der Waals surface area contributed by atoms with Crippen molar-refractivity contribution in [3.63, 3.8) is 0 Å². The van der Waals surface area contributed by atoms with Crippen LogP contribution < -0.4 is 19.6 Å². The number of benzene rings is 2. The third kappa shape index (κ3) is 4.95. The highest BCUT2D eigenvalue weighted by Crippen LogP contribution is 2.31. The molecule has 0 bridgehead atoms. The number of carbonyl (C=O) groups excluding carboxylic acids is 2. The summed E-state index contributed by atoms with van der Waals surface area (Å²) < 4.78 is 12.2. The quantitative estimate of drug-likeness (QED) is 0.400. The molecule has 0 aliphatic carbocycles. The summed E-state index contributed by atoms with van der Waals surface area (Å²) >= 11 is 1.27. The number of nitrogens with zero attached hydrogens (tertiary/aromatic N) is 2. The van der Waals surface area contributed by atoms with Crippen molar-refractivity contribution in [3.8, 4) is 5.75 Å². The molecule has 0 unspecified atom stereocenters. The molecule has 36 heavy (non-hydrogen) atoms. The van der Waals surface area contributed by atoms with Gasteiger partial charge in [-0.3, -0.25) is 14.2 Å². The Labute approximate surface area is 213 Å². The zero-order chi connectivity index (χ0) is 26.2. The molecule has 186 valence electrons. The van der Waals surface area contributed by atoms with Crippen molar-refractivity contribution < 1.29 is 19.1 Å². The van der Waals surface area contributed by atoms with Crippen LogP contribution in [0, 0.1) is 0 Å². The van der Waals surface area contributed by atoms with E-state index in [-0.39, 0.29) is 16.5 Å². The number of carbonyl (C=O) groups is 2. The Morgan fingerprint density at radius 1 is 1.06 bits per heavy atom. The molecule has 1 aliphatic rings. The first-order chi connectivity index (χ1) is 17.0. The normalized spacial score (nSPS) is 15.8. The number of esters is 2. The van der Waals surface area contributed by atoms with Crippen molar-refractivity contribution in [2.75, 3.05) is 7.11 Å². The third-order valence-corrected chi connectivity index (χ3v) is 6.94. The molecule has 7 nitrogen and oxygen atoms in total. The van der Waals surface area contributed by atoms with E-state index in [2.05, 4.69) is 37.9 Å². The Bertz CT molecular complexity index is 1540. The molecule has 3 aromatic rings. The summed E-state index contributed by atoms with van der Waals surface area (Å²) in [5.41, 5.74) is 3.33. The number of methoxy groups -OCH3 is 1. The highest BCUT2D eigenvalue weighted by atomic mass is 32.1. The van der Waals surface area contributed by atoms with Gasteiger partial charge in [-0.15, -0.1) is 0 Å². The molecule has 8 heteroatoms. The van der Waals surface area contributed by atoms with Gasteiger partial charge in [0, 0.05) is 6.92 Å². The maximum absolute atomic E-state index is 13.6. The van der Waals surface area contributed by atoms with Gasteiger partial charge < -0.3 is 9.47 Å². The van der Waals surface area contributed by atoms with E-state index in [1.807, 2.05) is 18.2 Å². The van der Waals surface area contributed by atoms with Crippen LogP contribution >= 0.6 is 11.3 Å². The van der Waals surface area contributed by atoms with E-state index in [9.17, 15) is 14.4 Å². The molecule has 0 spiro atoms. The van der Waals surface area contributed by atoms with E-state index in [0.717, 1.165) is 5.56 Å². The summed E-state index contributed by atoms with van der Waals surface area (Å²) in [5, 5.41) is 0. The van der Waals surface area contributed by atoms with E-state index >= 15 is 0 Å². The van der Waals surface area contributed by atoms with Crippen LogP contribution in [0.15, 0.2) is 69.6 Å². The smallest absolute Gasteiger partial charge is 0.338 e. The topological polar surface area (TPSA) is 87.0 Å². The van der Waals surface area contributed by atoms with Gasteiger partial charge in [-0.05, 0) is 47.2 Å². The lowest BCUT2D eigenvalue weighted by Gasteiger charge is -2.24. The summed E-state index contributed by atoms with van der Waals surface area (Å²) in [6.45, 7) is 9.51. The van der Waals surface area contributed by atoms with Crippen molar-refractivity contribution in [2.45, 2.75) is 46.1 Å². The van der Waals surface area contributed by atoms with Gasteiger partial charge in [-0.2, -0.15) is 0 Å². The van der Waals surface area contributed by atoms with Crippen LogP contribution in [-0.2, 0) is 19.7 Å². The largest absolute Gasteiger partial charge is 0.466 e. The monoisotopic (exact) mass is 504 g/mol. The van der Waals surface area contributed by atoms with Crippen molar-refractivity contribution in [1.82, 2.24) is 4.57 Å². The third-order valence-electron chi connectivity index (χ3n) is 5.96. The fraction of sp³-hybridized carbons (Fsp3) is 0.286. The number of thiazole rings is 1. The molecule has 4 rings (SSSR count). The number of aromatic nitrogens is 1. The Hall–Kier alpha value is -3.78. The van der Waals surface area contributed by atoms with Gasteiger partial charge in [-0.25, -0.2) is 9.79 Å². The minimum absolute atomic E-state index is 0.0324. The van der Waals surface area contributed by atoms with E-state index in [0.29, 0.717) is 26.3 Å². The average Bonchev–Trinajstić information content (AvgIpc) is 3.12. The molecule has 0 saturated carbocycles. The van der Waals surface area contributed by atoms with Gasteiger partial charge in [0.25, 0.3) is 5.56 Å². The second-order valence-corrected chi connectivity index (χ2v) is 10.6. The van der Waals surface area contributed by atoms with Crippen molar-refractivity contribution in [1.29, 1.82) is 0 Å².